The first kappa shape index (κ1) is 7.96. The summed E-state index contributed by atoms with van der Waals surface area (Å²) in [4.78, 5) is 9.92. The molecule has 6 heteroatoms. The van der Waals surface area contributed by atoms with Crippen molar-refractivity contribution in [3.05, 3.63) is 10.5 Å². The summed E-state index contributed by atoms with van der Waals surface area (Å²) < 4.78 is 0.630. The molecule has 0 radical (unpaired) electrons. The number of H-pyrrole nitrogens is 2. The smallest absolute Gasteiger partial charge is 0.176 e. The third-order valence-electron chi connectivity index (χ3n) is 1.35. The summed E-state index contributed by atoms with van der Waals surface area (Å²) >= 11 is 4.87. The van der Waals surface area contributed by atoms with Gasteiger partial charge in [0.25, 0.3) is 0 Å². The number of aromatic nitrogens is 2. The molecule has 0 amide bonds. The summed E-state index contributed by atoms with van der Waals surface area (Å²) in [5.74, 6) is 0.837. The second-order valence-electron chi connectivity index (χ2n) is 2.05. The Labute approximate surface area is 67.9 Å². The molecular weight excluding hydrogens is 164 g/mol. The van der Waals surface area contributed by atoms with Gasteiger partial charge in [-0.2, -0.15) is 0 Å². The normalized spacial score (nSPS) is 13.1. The zero-order valence-electron chi connectivity index (χ0n) is 5.64. The summed E-state index contributed by atoms with van der Waals surface area (Å²) in [6.45, 7) is 0.770. The molecule has 5 N–H and O–H groups in total. The molecule has 2 heterocycles. The Morgan fingerprint density at radius 2 is 2.27 bits per heavy atom. The highest BCUT2D eigenvalue weighted by Crippen LogP contribution is 2.15. The maximum atomic E-state index is 4.87. The lowest BCUT2D eigenvalue weighted by Gasteiger charge is -2.03. The average molecular weight is 172 g/mol. The summed E-state index contributed by atoms with van der Waals surface area (Å²) in [7, 11) is 0. The fourth-order valence-corrected chi connectivity index (χ4v) is 1.13. The van der Waals surface area contributed by atoms with Crippen LogP contribution < -0.4 is 5.32 Å². The van der Waals surface area contributed by atoms with Crippen LogP contribution in [0.1, 0.15) is 5.69 Å². The van der Waals surface area contributed by atoms with E-state index in [4.69, 9.17) is 12.2 Å². The van der Waals surface area contributed by atoms with Crippen molar-refractivity contribution in [1.82, 2.24) is 15.3 Å². The van der Waals surface area contributed by atoms with Crippen molar-refractivity contribution in [3.8, 4) is 0 Å². The van der Waals surface area contributed by atoms with Crippen LogP contribution in [0.15, 0.2) is 4.99 Å². The van der Waals surface area contributed by atoms with Gasteiger partial charge in [0.1, 0.15) is 0 Å². The number of rotatable bonds is 0. The summed E-state index contributed by atoms with van der Waals surface area (Å²) in [5.41, 5.74) is 1.02. The van der Waals surface area contributed by atoms with Crippen LogP contribution in [-0.4, -0.2) is 21.8 Å². The second kappa shape index (κ2) is 2.85. The molecule has 0 saturated heterocycles. The quantitative estimate of drug-likeness (QED) is 0.481. The van der Waals surface area contributed by atoms with Gasteiger partial charge in [0.2, 0.25) is 0 Å². The Kier molecular flexibility index (Phi) is 2.06. The van der Waals surface area contributed by atoms with Gasteiger partial charge in [0.05, 0.1) is 18.6 Å². The standard InChI is InChI=1S/C5H6N4S.H2O/c10-5-8-3-1-6-2-7-4(3)9-5;/h2H,1H2,(H,6,7)(H2,8,9,10);1H2. The van der Waals surface area contributed by atoms with E-state index in [-0.39, 0.29) is 5.48 Å². The van der Waals surface area contributed by atoms with Gasteiger partial charge in [0.15, 0.2) is 10.6 Å². The molecular formula is C5H8N4OS. The van der Waals surface area contributed by atoms with Crippen molar-refractivity contribution in [1.29, 1.82) is 0 Å². The molecule has 2 rings (SSSR count). The fraction of sp³-hybridized carbons (Fsp3) is 0.200. The minimum Gasteiger partial charge on any atom is -0.412 e. The number of aliphatic imine (C=N–C) groups is 1. The molecule has 0 aliphatic carbocycles. The summed E-state index contributed by atoms with van der Waals surface area (Å²) in [6.07, 6.45) is 1.65. The number of hydrogen-bond acceptors (Lipinski definition) is 3. The van der Waals surface area contributed by atoms with E-state index in [0.717, 1.165) is 18.1 Å². The van der Waals surface area contributed by atoms with Gasteiger partial charge < -0.3 is 20.8 Å². The van der Waals surface area contributed by atoms with E-state index >= 15 is 0 Å². The van der Waals surface area contributed by atoms with Crippen molar-refractivity contribution in [2.45, 2.75) is 6.54 Å². The molecule has 0 atom stereocenters. The Hall–Kier alpha value is -1.14. The van der Waals surface area contributed by atoms with Crippen molar-refractivity contribution in [3.63, 3.8) is 0 Å². The third-order valence-corrected chi connectivity index (χ3v) is 1.55. The van der Waals surface area contributed by atoms with E-state index in [2.05, 4.69) is 20.3 Å². The molecule has 1 aromatic heterocycles. The predicted octanol–water partition coefficient (Wildman–Crippen LogP) is 0.0106. The zero-order chi connectivity index (χ0) is 6.97. The second-order valence-corrected chi connectivity index (χ2v) is 2.45. The van der Waals surface area contributed by atoms with Crippen LogP contribution in [0.3, 0.4) is 0 Å². The van der Waals surface area contributed by atoms with Gasteiger partial charge in [-0.15, -0.1) is 0 Å². The van der Waals surface area contributed by atoms with Crippen LogP contribution >= 0.6 is 12.2 Å². The first-order valence-electron chi connectivity index (χ1n) is 2.93. The molecule has 1 aliphatic rings. The predicted molar refractivity (Wildman–Crippen MR) is 44.6 cm³/mol. The molecule has 0 aromatic carbocycles. The van der Waals surface area contributed by atoms with Crippen LogP contribution in [-0.2, 0) is 6.54 Å². The minimum absolute atomic E-state index is 0. The summed E-state index contributed by atoms with van der Waals surface area (Å²) in [5, 5.41) is 2.97. The maximum Gasteiger partial charge on any atom is 0.176 e. The molecule has 0 unspecified atom stereocenters. The lowest BCUT2D eigenvalue weighted by Crippen LogP contribution is -2.13. The number of nitrogens with one attached hydrogen (secondary N) is 3. The molecule has 5 nitrogen and oxygen atoms in total. The van der Waals surface area contributed by atoms with E-state index in [0.29, 0.717) is 4.77 Å². The summed E-state index contributed by atoms with van der Waals surface area (Å²) in [6, 6.07) is 0. The minimum atomic E-state index is 0. The fourth-order valence-electron chi connectivity index (χ4n) is 0.906. The number of imidazole rings is 1. The van der Waals surface area contributed by atoms with Crippen LogP contribution in [0.5, 0.6) is 0 Å². The van der Waals surface area contributed by atoms with E-state index in [1.165, 1.54) is 0 Å². The van der Waals surface area contributed by atoms with Gasteiger partial charge in [-0.25, -0.2) is 4.99 Å². The lowest BCUT2D eigenvalue weighted by molar-refractivity contribution is 0.824. The van der Waals surface area contributed by atoms with E-state index in [9.17, 15) is 0 Å². The molecule has 11 heavy (non-hydrogen) atoms. The number of nitrogens with zero attached hydrogens (tertiary/aromatic N) is 1. The molecule has 60 valence electrons. The van der Waals surface area contributed by atoms with Crippen LogP contribution in [0.25, 0.3) is 0 Å². The van der Waals surface area contributed by atoms with Gasteiger partial charge in [0, 0.05) is 0 Å². The SMILES string of the molecule is O.S=c1[nH]c2c([nH]1)N=CNC2. The van der Waals surface area contributed by atoms with Crippen molar-refractivity contribution >= 4 is 24.4 Å². The Balaban J connectivity index is 0.000000605. The van der Waals surface area contributed by atoms with Crippen LogP contribution in [0, 0.1) is 4.77 Å². The Morgan fingerprint density at radius 3 is 3.00 bits per heavy atom. The number of fused-ring (bicyclic) bond motifs is 1. The highest BCUT2D eigenvalue weighted by molar-refractivity contribution is 7.71. The van der Waals surface area contributed by atoms with E-state index in [1.54, 1.807) is 6.34 Å². The molecule has 0 saturated carbocycles. The van der Waals surface area contributed by atoms with E-state index in [1.807, 2.05) is 0 Å². The highest BCUT2D eigenvalue weighted by atomic mass is 32.1. The third kappa shape index (κ3) is 1.31. The van der Waals surface area contributed by atoms with Crippen LogP contribution in [0.2, 0.25) is 0 Å². The van der Waals surface area contributed by atoms with E-state index < -0.39 is 0 Å². The zero-order valence-corrected chi connectivity index (χ0v) is 6.46. The largest absolute Gasteiger partial charge is 0.412 e. The number of aromatic amines is 2. The van der Waals surface area contributed by atoms with Gasteiger partial charge in [-0.05, 0) is 12.2 Å². The van der Waals surface area contributed by atoms with Crippen molar-refractivity contribution in [2.24, 2.45) is 4.99 Å². The first-order chi connectivity index (χ1) is 4.86. The van der Waals surface area contributed by atoms with Crippen LogP contribution in [0.4, 0.5) is 5.82 Å². The lowest BCUT2D eigenvalue weighted by atomic mass is 10.4. The van der Waals surface area contributed by atoms with Crippen molar-refractivity contribution in [2.75, 3.05) is 0 Å². The Bertz CT molecular complexity index is 325. The number of hydrogen-bond donors (Lipinski definition) is 3. The Morgan fingerprint density at radius 1 is 1.45 bits per heavy atom. The van der Waals surface area contributed by atoms with Crippen molar-refractivity contribution < 1.29 is 5.48 Å². The topological polar surface area (TPSA) is 87.5 Å². The maximum absolute atomic E-state index is 4.87. The molecule has 0 fully saturated rings. The molecule has 0 bridgehead atoms. The average Bonchev–Trinajstić information content (AvgIpc) is 2.27. The molecule has 1 aliphatic heterocycles. The first-order valence-corrected chi connectivity index (χ1v) is 3.34. The molecule has 0 spiro atoms. The highest BCUT2D eigenvalue weighted by Gasteiger charge is 2.05. The monoisotopic (exact) mass is 172 g/mol. The van der Waals surface area contributed by atoms with Gasteiger partial charge >= 0.3 is 0 Å². The van der Waals surface area contributed by atoms with Gasteiger partial charge in [-0.3, -0.25) is 0 Å². The molecule has 1 aromatic rings. The van der Waals surface area contributed by atoms with Gasteiger partial charge in [-0.1, -0.05) is 0 Å².